The van der Waals surface area contributed by atoms with Crippen LogP contribution in [0.2, 0.25) is 0 Å². The number of benzene rings is 2. The summed E-state index contributed by atoms with van der Waals surface area (Å²) in [5.74, 6) is 0.306. The molecule has 2 aromatic rings. The molecule has 0 aliphatic carbocycles. The molecule has 32 heavy (non-hydrogen) atoms. The van der Waals surface area contributed by atoms with Gasteiger partial charge in [0.25, 0.3) is 5.91 Å². The Morgan fingerprint density at radius 1 is 1.00 bits per heavy atom. The summed E-state index contributed by atoms with van der Waals surface area (Å²) >= 11 is 0. The molecule has 2 fully saturated rings. The van der Waals surface area contributed by atoms with Gasteiger partial charge in [0.05, 0.1) is 18.0 Å². The Bertz CT molecular complexity index is 1080. The normalized spacial score (nSPS) is 19.7. The minimum Gasteiger partial charge on any atom is -0.497 e. The zero-order valence-electron chi connectivity index (χ0n) is 18.0. The third kappa shape index (κ3) is 4.63. The molecule has 0 aromatic heterocycles. The van der Waals surface area contributed by atoms with Crippen molar-refractivity contribution < 1.29 is 22.7 Å². The maximum Gasteiger partial charge on any atom is 0.251 e. The van der Waals surface area contributed by atoms with E-state index in [-0.39, 0.29) is 29.2 Å². The lowest BCUT2D eigenvalue weighted by molar-refractivity contribution is -0.117. The lowest BCUT2D eigenvalue weighted by Gasteiger charge is -2.25. The van der Waals surface area contributed by atoms with Gasteiger partial charge in [-0.3, -0.25) is 9.59 Å². The number of carbonyl (C=O) groups excluding carboxylic acids is 2. The Morgan fingerprint density at radius 2 is 1.66 bits per heavy atom. The third-order valence-electron chi connectivity index (χ3n) is 5.91. The van der Waals surface area contributed by atoms with Crippen molar-refractivity contribution in [3.63, 3.8) is 0 Å². The molecule has 2 saturated heterocycles. The molecule has 2 amide bonds. The summed E-state index contributed by atoms with van der Waals surface area (Å²) in [6.07, 6.45) is 2.99. The van der Waals surface area contributed by atoms with Crippen molar-refractivity contribution in [2.75, 3.05) is 31.6 Å². The molecule has 2 aromatic carbocycles. The molecule has 0 unspecified atom stereocenters. The van der Waals surface area contributed by atoms with E-state index in [0.29, 0.717) is 30.9 Å². The van der Waals surface area contributed by atoms with Gasteiger partial charge in [0, 0.05) is 37.3 Å². The number of hydrogen-bond acceptors (Lipinski definition) is 5. The number of piperidine rings is 1. The molecule has 4 rings (SSSR count). The molecule has 0 spiro atoms. The molecule has 2 aliphatic heterocycles. The van der Waals surface area contributed by atoms with E-state index in [9.17, 15) is 18.0 Å². The Kier molecular flexibility index (Phi) is 6.48. The van der Waals surface area contributed by atoms with Crippen LogP contribution in [0.1, 0.15) is 36.0 Å². The van der Waals surface area contributed by atoms with Gasteiger partial charge in [-0.2, -0.15) is 4.31 Å². The molecule has 9 heteroatoms. The van der Waals surface area contributed by atoms with E-state index in [2.05, 4.69) is 5.32 Å². The monoisotopic (exact) mass is 457 g/mol. The van der Waals surface area contributed by atoms with Gasteiger partial charge in [-0.15, -0.1) is 0 Å². The zero-order chi connectivity index (χ0) is 22.7. The number of carbonyl (C=O) groups is 2. The number of methoxy groups -OCH3 is 1. The van der Waals surface area contributed by atoms with E-state index in [1.807, 2.05) is 12.1 Å². The molecule has 1 N–H and O–H groups in total. The summed E-state index contributed by atoms with van der Waals surface area (Å²) < 4.78 is 32.2. The molecule has 1 atom stereocenters. The lowest BCUT2D eigenvalue weighted by Crippen LogP contribution is -2.37. The largest absolute Gasteiger partial charge is 0.497 e. The Morgan fingerprint density at radius 3 is 2.28 bits per heavy atom. The predicted octanol–water partition coefficient (Wildman–Crippen LogP) is 2.41. The number of amides is 2. The van der Waals surface area contributed by atoms with Crippen LogP contribution in [0.4, 0.5) is 5.69 Å². The summed E-state index contributed by atoms with van der Waals surface area (Å²) in [4.78, 5) is 26.9. The average Bonchev–Trinajstić information content (AvgIpc) is 3.19. The van der Waals surface area contributed by atoms with Crippen LogP contribution in [0, 0.1) is 0 Å². The zero-order valence-corrected chi connectivity index (χ0v) is 18.8. The van der Waals surface area contributed by atoms with Gasteiger partial charge in [0.15, 0.2) is 0 Å². The summed E-state index contributed by atoms with van der Waals surface area (Å²) in [5.41, 5.74) is 1.11. The third-order valence-corrected chi connectivity index (χ3v) is 7.83. The topological polar surface area (TPSA) is 96.0 Å². The molecule has 0 bridgehead atoms. The van der Waals surface area contributed by atoms with E-state index in [0.717, 1.165) is 24.9 Å². The second kappa shape index (κ2) is 9.30. The highest BCUT2D eigenvalue weighted by atomic mass is 32.2. The molecule has 8 nitrogen and oxygen atoms in total. The maximum absolute atomic E-state index is 12.8. The van der Waals surface area contributed by atoms with Crippen molar-refractivity contribution in [1.29, 1.82) is 0 Å². The van der Waals surface area contributed by atoms with Crippen molar-refractivity contribution >= 4 is 27.5 Å². The van der Waals surface area contributed by atoms with Gasteiger partial charge in [0.1, 0.15) is 5.75 Å². The van der Waals surface area contributed by atoms with E-state index >= 15 is 0 Å². The molecule has 170 valence electrons. The molecular weight excluding hydrogens is 430 g/mol. The first kappa shape index (κ1) is 22.3. The van der Waals surface area contributed by atoms with E-state index in [1.165, 1.54) is 28.6 Å². The van der Waals surface area contributed by atoms with Crippen LogP contribution < -0.4 is 15.0 Å². The fraction of sp³-hybridized carbons (Fsp3) is 0.391. The van der Waals surface area contributed by atoms with Gasteiger partial charge in [-0.05, 0) is 61.4 Å². The van der Waals surface area contributed by atoms with Crippen molar-refractivity contribution in [3.05, 3.63) is 54.1 Å². The minimum absolute atomic E-state index is 0.0663. The van der Waals surface area contributed by atoms with Gasteiger partial charge in [0.2, 0.25) is 15.9 Å². The highest BCUT2D eigenvalue weighted by Gasteiger charge is 2.32. The van der Waals surface area contributed by atoms with Crippen LogP contribution >= 0.6 is 0 Å². The Hall–Kier alpha value is -2.91. The first-order chi connectivity index (χ1) is 15.4. The Labute approximate surface area is 188 Å². The lowest BCUT2D eigenvalue weighted by atomic mass is 10.2. The van der Waals surface area contributed by atoms with Crippen LogP contribution in [-0.4, -0.2) is 57.3 Å². The van der Waals surface area contributed by atoms with Gasteiger partial charge in [-0.1, -0.05) is 6.42 Å². The highest BCUT2D eigenvalue weighted by molar-refractivity contribution is 7.89. The predicted molar refractivity (Wildman–Crippen MR) is 120 cm³/mol. The van der Waals surface area contributed by atoms with E-state index < -0.39 is 10.0 Å². The molecule has 0 saturated carbocycles. The van der Waals surface area contributed by atoms with E-state index in [4.69, 9.17) is 4.74 Å². The summed E-state index contributed by atoms with van der Waals surface area (Å²) in [6.45, 7) is 1.44. The Balaban J connectivity index is 1.39. The van der Waals surface area contributed by atoms with Crippen molar-refractivity contribution in [2.24, 2.45) is 0 Å². The number of rotatable bonds is 6. The number of ether oxygens (including phenoxy) is 1. The number of nitrogens with one attached hydrogen (secondary N) is 1. The second-order valence-electron chi connectivity index (χ2n) is 8.07. The smallest absolute Gasteiger partial charge is 0.251 e. The SMILES string of the molecule is COc1ccc(N2C[C@@H](NC(=O)c3ccc(S(=O)(=O)N4CCCCC4)cc3)CC2=O)cc1. The summed E-state index contributed by atoms with van der Waals surface area (Å²) in [7, 11) is -1.96. The van der Waals surface area contributed by atoms with Crippen LogP contribution in [0.25, 0.3) is 0 Å². The number of hydrogen-bond donors (Lipinski definition) is 1. The average molecular weight is 458 g/mol. The highest BCUT2D eigenvalue weighted by Crippen LogP contribution is 2.25. The quantitative estimate of drug-likeness (QED) is 0.719. The van der Waals surface area contributed by atoms with Crippen molar-refractivity contribution in [3.8, 4) is 5.75 Å². The summed E-state index contributed by atoms with van der Waals surface area (Å²) in [5, 5.41) is 2.88. The second-order valence-corrected chi connectivity index (χ2v) is 10.0. The van der Waals surface area contributed by atoms with Crippen LogP contribution in [-0.2, 0) is 14.8 Å². The maximum atomic E-state index is 12.8. The summed E-state index contributed by atoms with van der Waals surface area (Å²) in [6, 6.07) is 12.8. The minimum atomic E-state index is -3.54. The van der Waals surface area contributed by atoms with E-state index in [1.54, 1.807) is 24.1 Å². The first-order valence-corrected chi connectivity index (χ1v) is 12.2. The molecule has 2 aliphatic rings. The molecule has 2 heterocycles. The van der Waals surface area contributed by atoms with Crippen molar-refractivity contribution in [2.45, 2.75) is 36.6 Å². The number of sulfonamides is 1. The first-order valence-electron chi connectivity index (χ1n) is 10.7. The molecular formula is C23H27N3O5S. The number of nitrogens with zero attached hydrogens (tertiary/aromatic N) is 2. The van der Waals surface area contributed by atoms with Gasteiger partial charge >= 0.3 is 0 Å². The van der Waals surface area contributed by atoms with Gasteiger partial charge < -0.3 is 15.0 Å². The van der Waals surface area contributed by atoms with Crippen LogP contribution in [0.3, 0.4) is 0 Å². The van der Waals surface area contributed by atoms with Crippen molar-refractivity contribution in [1.82, 2.24) is 9.62 Å². The van der Waals surface area contributed by atoms with Crippen LogP contribution in [0.5, 0.6) is 5.75 Å². The number of anilines is 1. The fourth-order valence-electron chi connectivity index (χ4n) is 4.12. The fourth-order valence-corrected chi connectivity index (χ4v) is 5.63. The van der Waals surface area contributed by atoms with Gasteiger partial charge in [-0.25, -0.2) is 8.42 Å². The van der Waals surface area contributed by atoms with Crippen LogP contribution in [0.15, 0.2) is 53.4 Å². The standard InChI is InChI=1S/C23H27N3O5S/c1-31-20-9-7-19(8-10-20)26-16-18(15-22(26)27)24-23(28)17-5-11-21(12-6-17)32(29,30)25-13-3-2-4-14-25/h5-12,18H,2-4,13-16H2,1H3,(H,24,28)/t18-/m0/s1. The molecule has 0 radical (unpaired) electrons.